The minimum absolute atomic E-state index is 0.666. The molecule has 0 aliphatic rings. The van der Waals surface area contributed by atoms with Crippen LogP contribution in [-0.4, -0.2) is 4.98 Å². The van der Waals surface area contributed by atoms with Gasteiger partial charge in [-0.15, -0.1) is 0 Å². The third-order valence-electron chi connectivity index (χ3n) is 3.23. The highest BCUT2D eigenvalue weighted by Crippen LogP contribution is 2.27. The molecular formula is C16H13BrClNO. The lowest BCUT2D eigenvalue weighted by atomic mass is 10.1. The molecule has 0 N–H and O–H groups in total. The lowest BCUT2D eigenvalue weighted by Gasteiger charge is -1.97. The van der Waals surface area contributed by atoms with Crippen molar-refractivity contribution in [1.82, 2.24) is 4.98 Å². The summed E-state index contributed by atoms with van der Waals surface area (Å²) in [5, 5.41) is 0.738. The minimum atomic E-state index is 0.666. The maximum absolute atomic E-state index is 5.89. The monoisotopic (exact) mass is 349 g/mol. The fourth-order valence-corrected chi connectivity index (χ4v) is 2.85. The van der Waals surface area contributed by atoms with E-state index in [2.05, 4.69) is 40.0 Å². The molecule has 2 aromatic carbocycles. The summed E-state index contributed by atoms with van der Waals surface area (Å²) in [4.78, 5) is 4.57. The smallest absolute Gasteiger partial charge is 0.199 e. The third-order valence-corrected chi connectivity index (χ3v) is 4.07. The molecule has 1 heterocycles. The molecular weight excluding hydrogens is 338 g/mol. The van der Waals surface area contributed by atoms with Crippen LogP contribution in [0.4, 0.5) is 0 Å². The van der Waals surface area contributed by atoms with E-state index in [1.54, 1.807) is 0 Å². The zero-order valence-electron chi connectivity index (χ0n) is 11.0. The van der Waals surface area contributed by atoms with Gasteiger partial charge in [-0.1, -0.05) is 30.7 Å². The molecule has 3 rings (SSSR count). The van der Waals surface area contributed by atoms with E-state index >= 15 is 0 Å². The second-order valence-electron chi connectivity index (χ2n) is 4.69. The van der Waals surface area contributed by atoms with Crippen molar-refractivity contribution in [3.63, 3.8) is 0 Å². The minimum Gasteiger partial charge on any atom is -0.439 e. The Kier molecular flexibility index (Phi) is 3.81. The third kappa shape index (κ3) is 2.74. The molecule has 0 saturated carbocycles. The Hall–Kier alpha value is -1.32. The second kappa shape index (κ2) is 5.58. The van der Waals surface area contributed by atoms with Gasteiger partial charge in [0.25, 0.3) is 0 Å². The van der Waals surface area contributed by atoms with Crippen molar-refractivity contribution >= 4 is 38.6 Å². The Morgan fingerprint density at radius 1 is 1.15 bits per heavy atom. The largest absolute Gasteiger partial charge is 0.439 e. The van der Waals surface area contributed by atoms with Gasteiger partial charge >= 0.3 is 0 Å². The molecule has 0 aliphatic heterocycles. The number of oxazole rings is 1. The maximum Gasteiger partial charge on any atom is 0.199 e. The quantitative estimate of drug-likeness (QED) is 0.632. The number of benzene rings is 2. The molecule has 0 spiro atoms. The van der Waals surface area contributed by atoms with Crippen LogP contribution >= 0.6 is 27.5 Å². The van der Waals surface area contributed by atoms with Crippen LogP contribution in [0.2, 0.25) is 5.02 Å². The highest BCUT2D eigenvalue weighted by Gasteiger charge is 2.10. The molecule has 0 atom stereocenters. The van der Waals surface area contributed by atoms with Crippen LogP contribution in [-0.2, 0) is 12.8 Å². The molecule has 0 radical (unpaired) electrons. The normalized spacial score (nSPS) is 11.2. The maximum atomic E-state index is 5.89. The highest BCUT2D eigenvalue weighted by molar-refractivity contribution is 9.10. The van der Waals surface area contributed by atoms with Crippen molar-refractivity contribution in [2.45, 2.75) is 19.8 Å². The zero-order chi connectivity index (χ0) is 14.1. The number of aromatic nitrogens is 1. The Morgan fingerprint density at radius 2 is 1.90 bits per heavy atom. The number of hydrogen-bond acceptors (Lipinski definition) is 2. The van der Waals surface area contributed by atoms with E-state index < -0.39 is 0 Å². The summed E-state index contributed by atoms with van der Waals surface area (Å²) in [6, 6.07) is 11.9. The van der Waals surface area contributed by atoms with Crippen LogP contribution in [0.25, 0.3) is 11.1 Å². The molecule has 0 bridgehead atoms. The topological polar surface area (TPSA) is 26.0 Å². The van der Waals surface area contributed by atoms with Gasteiger partial charge in [-0.2, -0.15) is 0 Å². The Labute approximate surface area is 130 Å². The highest BCUT2D eigenvalue weighted by atomic mass is 79.9. The Bertz CT molecular complexity index is 749. The molecule has 2 nitrogen and oxygen atoms in total. The molecule has 0 fully saturated rings. The van der Waals surface area contributed by atoms with Gasteiger partial charge in [0.05, 0.1) is 4.47 Å². The lowest BCUT2D eigenvalue weighted by molar-refractivity contribution is 0.542. The van der Waals surface area contributed by atoms with Crippen molar-refractivity contribution in [2.75, 3.05) is 0 Å². The number of aryl methyl sites for hydroxylation is 1. The van der Waals surface area contributed by atoms with Gasteiger partial charge in [0.2, 0.25) is 0 Å². The molecule has 0 aliphatic carbocycles. The molecule has 0 amide bonds. The van der Waals surface area contributed by atoms with Crippen molar-refractivity contribution in [2.24, 2.45) is 0 Å². The Morgan fingerprint density at radius 3 is 2.60 bits per heavy atom. The van der Waals surface area contributed by atoms with Gasteiger partial charge in [-0.05, 0) is 57.7 Å². The van der Waals surface area contributed by atoms with E-state index in [9.17, 15) is 0 Å². The van der Waals surface area contributed by atoms with Crippen LogP contribution in [0.3, 0.4) is 0 Å². The van der Waals surface area contributed by atoms with E-state index in [-0.39, 0.29) is 0 Å². The van der Waals surface area contributed by atoms with E-state index in [1.807, 2.05) is 24.3 Å². The summed E-state index contributed by atoms with van der Waals surface area (Å²) in [5.41, 5.74) is 4.09. The number of halogens is 2. The fourth-order valence-electron chi connectivity index (χ4n) is 2.15. The average molecular weight is 351 g/mol. The predicted octanol–water partition coefficient (Wildman–Crippen LogP) is 5.40. The van der Waals surface area contributed by atoms with Crippen LogP contribution in [0, 0.1) is 0 Å². The predicted molar refractivity (Wildman–Crippen MR) is 85.3 cm³/mol. The van der Waals surface area contributed by atoms with Gasteiger partial charge < -0.3 is 4.42 Å². The summed E-state index contributed by atoms with van der Waals surface area (Å²) in [6.45, 7) is 2.13. The van der Waals surface area contributed by atoms with E-state index in [1.165, 1.54) is 5.56 Å². The first kappa shape index (κ1) is 13.7. The molecule has 3 aromatic rings. The number of rotatable bonds is 3. The second-order valence-corrected chi connectivity index (χ2v) is 5.98. The first-order chi connectivity index (χ1) is 9.65. The summed E-state index contributed by atoms with van der Waals surface area (Å²) in [6.07, 6.45) is 1.65. The zero-order valence-corrected chi connectivity index (χ0v) is 13.3. The van der Waals surface area contributed by atoms with Crippen molar-refractivity contribution in [1.29, 1.82) is 0 Å². The van der Waals surface area contributed by atoms with E-state index in [0.717, 1.165) is 38.5 Å². The molecule has 20 heavy (non-hydrogen) atoms. The van der Waals surface area contributed by atoms with Crippen LogP contribution < -0.4 is 0 Å². The van der Waals surface area contributed by atoms with Crippen molar-refractivity contribution in [3.05, 3.63) is 62.9 Å². The number of hydrogen-bond donors (Lipinski definition) is 0. The van der Waals surface area contributed by atoms with Crippen LogP contribution in [0.1, 0.15) is 23.9 Å². The molecule has 0 saturated heterocycles. The molecule has 4 heteroatoms. The van der Waals surface area contributed by atoms with Crippen molar-refractivity contribution < 1.29 is 4.42 Å². The van der Waals surface area contributed by atoms with Gasteiger partial charge in [0.15, 0.2) is 11.5 Å². The van der Waals surface area contributed by atoms with Gasteiger partial charge in [0.1, 0.15) is 5.52 Å². The molecule has 1 aromatic heterocycles. The molecule has 0 unspecified atom stereocenters. The fraction of sp³-hybridized carbons (Fsp3) is 0.188. The summed E-state index contributed by atoms with van der Waals surface area (Å²) in [7, 11) is 0. The standard InChI is InChI=1S/C16H13BrClNO/c1-2-10-7-13(17)16-14(8-10)19-15(20-16)9-11-3-5-12(18)6-4-11/h3-8H,2,9H2,1H3. The van der Waals surface area contributed by atoms with Gasteiger partial charge in [0, 0.05) is 11.4 Å². The first-order valence-corrected chi connectivity index (χ1v) is 7.65. The Balaban J connectivity index is 1.96. The number of fused-ring (bicyclic) bond motifs is 1. The van der Waals surface area contributed by atoms with Crippen molar-refractivity contribution in [3.8, 4) is 0 Å². The number of nitrogens with zero attached hydrogens (tertiary/aromatic N) is 1. The van der Waals surface area contributed by atoms with Gasteiger partial charge in [-0.3, -0.25) is 0 Å². The summed E-state index contributed by atoms with van der Waals surface area (Å²) in [5.74, 6) is 0.719. The summed E-state index contributed by atoms with van der Waals surface area (Å²) >= 11 is 9.43. The van der Waals surface area contributed by atoms with E-state index in [0.29, 0.717) is 6.42 Å². The van der Waals surface area contributed by atoms with Crippen LogP contribution in [0.15, 0.2) is 45.3 Å². The lowest BCUT2D eigenvalue weighted by Crippen LogP contribution is -1.87. The van der Waals surface area contributed by atoms with E-state index in [4.69, 9.17) is 16.0 Å². The SMILES string of the molecule is CCc1cc(Br)c2oc(Cc3ccc(Cl)cc3)nc2c1. The average Bonchev–Trinajstić information content (AvgIpc) is 2.84. The summed E-state index contributed by atoms with van der Waals surface area (Å²) < 4.78 is 6.80. The van der Waals surface area contributed by atoms with Crippen LogP contribution in [0.5, 0.6) is 0 Å². The first-order valence-electron chi connectivity index (χ1n) is 6.48. The molecule has 102 valence electrons. The van der Waals surface area contributed by atoms with Gasteiger partial charge in [-0.25, -0.2) is 4.98 Å².